The summed E-state index contributed by atoms with van der Waals surface area (Å²) in [5.74, 6) is -1.91. The smallest absolute Gasteiger partial charge is 0.472 e. The second-order valence-electron chi connectivity index (χ2n) is 12.3. The van der Waals surface area contributed by atoms with Crippen LogP contribution in [0.25, 0.3) is 0 Å². The Labute approximate surface area is 331 Å². The number of carbonyl (C=O) groups excluding carboxylic acids is 1. The summed E-state index contributed by atoms with van der Waals surface area (Å²) in [5.41, 5.74) is 5.33. The van der Waals surface area contributed by atoms with Gasteiger partial charge in [0.25, 0.3) is 0 Å². The maximum atomic E-state index is 12.6. The fraction of sp³-hybridized carbons (Fsp3) is 0.500. The molecule has 4 N–H and O–H groups in total. The van der Waals surface area contributed by atoms with Crippen LogP contribution in [0.1, 0.15) is 104 Å². The van der Waals surface area contributed by atoms with Crippen molar-refractivity contribution in [1.82, 2.24) is 0 Å². The minimum atomic E-state index is -4.66. The highest BCUT2D eigenvalue weighted by Crippen LogP contribution is 2.43. The highest BCUT2D eigenvalue weighted by atomic mass is 31.2. The number of rotatable bonds is 35. The Morgan fingerprint density at radius 3 is 1.38 bits per heavy atom. The Hall–Kier alpha value is -3.63. The van der Waals surface area contributed by atoms with Crippen molar-refractivity contribution in [2.45, 2.75) is 116 Å². The van der Waals surface area contributed by atoms with E-state index < -0.39 is 45.1 Å². The van der Waals surface area contributed by atoms with E-state index in [1.165, 1.54) is 0 Å². The molecule has 0 fully saturated rings. The molecule has 0 aromatic carbocycles. The number of unbranched alkanes of at least 4 members (excludes halogenated alkanes) is 1. The second kappa shape index (κ2) is 38.6. The van der Waals surface area contributed by atoms with E-state index in [4.69, 9.17) is 24.8 Å². The Morgan fingerprint density at radius 2 is 0.964 bits per heavy atom. The lowest BCUT2D eigenvalue weighted by atomic mass is 10.2. The first-order valence-electron chi connectivity index (χ1n) is 19.6. The van der Waals surface area contributed by atoms with Gasteiger partial charge >= 0.3 is 19.8 Å². The number of hydrogen-bond donors (Lipinski definition) is 3. The quantitative estimate of drug-likeness (QED) is 0.0245. The summed E-state index contributed by atoms with van der Waals surface area (Å²) in [6.07, 6.45) is 52.8. The molecule has 0 aromatic heterocycles. The van der Waals surface area contributed by atoms with Crippen molar-refractivity contribution in [3.8, 4) is 0 Å². The number of phosphoric ester groups is 1. The Kier molecular flexibility index (Phi) is 36.1. The first-order chi connectivity index (χ1) is 26.7. The lowest BCUT2D eigenvalue weighted by Gasteiger charge is -2.20. The van der Waals surface area contributed by atoms with Crippen LogP contribution in [-0.4, -0.2) is 60.5 Å². The van der Waals surface area contributed by atoms with E-state index in [1.54, 1.807) is 0 Å². The highest BCUT2D eigenvalue weighted by molar-refractivity contribution is 7.47. The molecule has 0 aromatic rings. The van der Waals surface area contributed by atoms with Gasteiger partial charge in [-0.25, -0.2) is 4.57 Å². The maximum absolute atomic E-state index is 12.6. The lowest BCUT2D eigenvalue weighted by molar-refractivity contribution is -0.154. The molecule has 0 spiro atoms. The van der Waals surface area contributed by atoms with Crippen LogP contribution in [0.4, 0.5) is 0 Å². The molecule has 0 saturated carbocycles. The number of ether oxygens (including phenoxy) is 2. The summed E-state index contributed by atoms with van der Waals surface area (Å²) in [5, 5.41) is 8.87. The molecule has 0 saturated heterocycles. The van der Waals surface area contributed by atoms with Crippen LogP contribution >= 0.6 is 7.82 Å². The second-order valence-corrected chi connectivity index (χ2v) is 13.7. The molecule has 0 heterocycles. The minimum absolute atomic E-state index is 0.0610. The van der Waals surface area contributed by atoms with E-state index in [1.807, 2.05) is 12.2 Å². The van der Waals surface area contributed by atoms with Gasteiger partial charge in [-0.05, 0) is 83.5 Å². The van der Waals surface area contributed by atoms with E-state index in [-0.39, 0.29) is 13.0 Å². The monoisotopic (exact) mass is 785 g/mol. The zero-order chi connectivity index (χ0) is 40.5. The van der Waals surface area contributed by atoms with Crippen molar-refractivity contribution in [2.24, 2.45) is 5.73 Å². The first-order valence-corrected chi connectivity index (χ1v) is 21.1. The molecule has 11 heteroatoms. The number of hydrogen-bond acceptors (Lipinski definition) is 8. The Morgan fingerprint density at radius 1 is 0.582 bits per heavy atom. The van der Waals surface area contributed by atoms with Crippen molar-refractivity contribution >= 4 is 19.8 Å². The van der Waals surface area contributed by atoms with Crippen molar-refractivity contribution < 1.29 is 42.7 Å². The molecule has 55 heavy (non-hydrogen) atoms. The average molecular weight is 786 g/mol. The minimum Gasteiger partial charge on any atom is -0.480 e. The molecule has 3 atom stereocenters. The zero-order valence-electron chi connectivity index (χ0n) is 33.2. The van der Waals surface area contributed by atoms with Crippen LogP contribution < -0.4 is 5.73 Å². The van der Waals surface area contributed by atoms with Gasteiger partial charge in [0.2, 0.25) is 0 Å². The molecular weight excluding hydrogens is 717 g/mol. The molecule has 0 radical (unpaired) electrons. The van der Waals surface area contributed by atoms with Crippen LogP contribution in [0.5, 0.6) is 0 Å². The van der Waals surface area contributed by atoms with Crippen LogP contribution in [-0.2, 0) is 32.7 Å². The summed E-state index contributed by atoms with van der Waals surface area (Å²) >= 11 is 0. The van der Waals surface area contributed by atoms with Crippen molar-refractivity contribution in [3.63, 3.8) is 0 Å². The fourth-order valence-electron chi connectivity index (χ4n) is 4.28. The van der Waals surface area contributed by atoms with E-state index in [2.05, 4.69) is 128 Å². The standard InChI is InChI=1S/C44H68NO9P/c1-3-5-7-9-11-13-15-17-19-20-21-22-23-24-26-28-30-32-34-36-43(46)54-41(39-52-55(49,50)53-40-42(45)44(47)48)38-51-37-35-33-31-29-27-25-18-16-14-12-10-8-6-4-2/h5-8,11-14,17-19,21-22,24-26,29-32,41-42H,3-4,9-10,15-16,20,23,27-28,33-40,45H2,1-2H3,(H,47,48)(H,49,50)/b7-5-,8-6-,13-11-,14-12-,19-17-,22-21-,25-18-,26-24-,31-29-,32-30-. The van der Waals surface area contributed by atoms with Gasteiger partial charge in [-0.1, -0.05) is 135 Å². The number of phosphoric acid groups is 1. The van der Waals surface area contributed by atoms with Gasteiger partial charge in [0, 0.05) is 13.0 Å². The molecular formula is C44H68NO9P. The maximum Gasteiger partial charge on any atom is 0.472 e. The topological polar surface area (TPSA) is 155 Å². The zero-order valence-corrected chi connectivity index (χ0v) is 34.1. The fourth-order valence-corrected chi connectivity index (χ4v) is 5.06. The number of allylic oxidation sites excluding steroid dienone is 20. The van der Waals surface area contributed by atoms with Crippen molar-refractivity contribution in [3.05, 3.63) is 122 Å². The van der Waals surface area contributed by atoms with Crippen molar-refractivity contribution in [1.29, 1.82) is 0 Å². The van der Waals surface area contributed by atoms with Gasteiger partial charge in [-0.15, -0.1) is 0 Å². The largest absolute Gasteiger partial charge is 0.480 e. The third-order valence-electron chi connectivity index (χ3n) is 7.25. The number of esters is 1. The summed E-state index contributed by atoms with van der Waals surface area (Å²) in [6.45, 7) is 3.36. The van der Waals surface area contributed by atoms with Gasteiger partial charge in [0.05, 0.1) is 19.8 Å². The van der Waals surface area contributed by atoms with Gasteiger partial charge < -0.3 is 25.2 Å². The third kappa shape index (κ3) is 38.4. The number of carboxylic acids is 1. The Balaban J connectivity index is 4.55. The van der Waals surface area contributed by atoms with Crippen LogP contribution in [0.15, 0.2) is 122 Å². The molecule has 0 aliphatic rings. The molecule has 0 aliphatic heterocycles. The van der Waals surface area contributed by atoms with Gasteiger partial charge in [0.15, 0.2) is 0 Å². The molecule has 0 amide bonds. The normalized spacial score (nSPS) is 15.3. The van der Waals surface area contributed by atoms with E-state index in [9.17, 15) is 19.0 Å². The summed E-state index contributed by atoms with van der Waals surface area (Å²) in [6, 6.07) is -1.50. The van der Waals surface area contributed by atoms with E-state index in [0.717, 1.165) is 77.0 Å². The summed E-state index contributed by atoms with van der Waals surface area (Å²) in [4.78, 5) is 33.4. The van der Waals surface area contributed by atoms with Crippen LogP contribution in [0, 0.1) is 0 Å². The predicted molar refractivity (Wildman–Crippen MR) is 225 cm³/mol. The van der Waals surface area contributed by atoms with Gasteiger partial charge in [0.1, 0.15) is 12.1 Å². The first kappa shape index (κ1) is 51.4. The molecule has 0 aliphatic carbocycles. The van der Waals surface area contributed by atoms with E-state index >= 15 is 0 Å². The number of carboxylic acid groups (broad SMARTS) is 1. The van der Waals surface area contributed by atoms with Crippen LogP contribution in [0.2, 0.25) is 0 Å². The highest BCUT2D eigenvalue weighted by Gasteiger charge is 2.27. The van der Waals surface area contributed by atoms with Crippen LogP contribution in [0.3, 0.4) is 0 Å². The lowest BCUT2D eigenvalue weighted by Crippen LogP contribution is -2.34. The third-order valence-corrected chi connectivity index (χ3v) is 8.20. The summed E-state index contributed by atoms with van der Waals surface area (Å²) in [7, 11) is -4.66. The average Bonchev–Trinajstić information content (AvgIpc) is 3.16. The molecule has 308 valence electrons. The molecule has 3 unspecified atom stereocenters. The number of aliphatic carboxylic acids is 1. The van der Waals surface area contributed by atoms with E-state index in [0.29, 0.717) is 13.0 Å². The number of nitrogens with two attached hydrogens (primary N) is 1. The van der Waals surface area contributed by atoms with Gasteiger partial charge in [-0.2, -0.15) is 0 Å². The molecule has 0 bridgehead atoms. The molecule has 10 nitrogen and oxygen atoms in total. The Bertz CT molecular complexity index is 1320. The van der Waals surface area contributed by atoms with Gasteiger partial charge in [-0.3, -0.25) is 18.6 Å². The molecule has 0 rings (SSSR count). The number of carbonyl (C=O) groups is 2. The van der Waals surface area contributed by atoms with Crippen molar-refractivity contribution in [2.75, 3.05) is 26.4 Å². The SMILES string of the molecule is CC/C=C\C/C=C\C/C=C\C/C=C\C/C=C\C/C=C\CCC(=O)OC(COCCC/C=C\C/C=C\C/C=C\C/C=C\CC)COP(=O)(O)OCC(N)C(=O)O. The summed E-state index contributed by atoms with van der Waals surface area (Å²) < 4.78 is 33.1. The predicted octanol–water partition coefficient (Wildman–Crippen LogP) is 10.5.